The summed E-state index contributed by atoms with van der Waals surface area (Å²) in [7, 11) is -6.43. The second kappa shape index (κ2) is 15.0. The van der Waals surface area contributed by atoms with Crippen LogP contribution in [0.2, 0.25) is 0 Å². The number of nitrogens with zero attached hydrogens (tertiary/aromatic N) is 6. The van der Waals surface area contributed by atoms with E-state index in [4.69, 9.17) is 4.98 Å². The summed E-state index contributed by atoms with van der Waals surface area (Å²) in [5.41, 5.74) is 7.21. The van der Waals surface area contributed by atoms with E-state index in [9.17, 15) is 16.8 Å². The van der Waals surface area contributed by atoms with E-state index in [0.29, 0.717) is 10.8 Å². The molecular formula is C39H39BrN8O4S2. The van der Waals surface area contributed by atoms with Gasteiger partial charge in [0.25, 0.3) is 0 Å². The van der Waals surface area contributed by atoms with Gasteiger partial charge in [-0.25, -0.2) is 26.8 Å². The van der Waals surface area contributed by atoms with Crippen LogP contribution in [0.4, 0.5) is 23.0 Å². The van der Waals surface area contributed by atoms with Crippen LogP contribution in [0.15, 0.2) is 118 Å². The minimum atomic E-state index is -3.23. The lowest BCUT2D eigenvalue weighted by Crippen LogP contribution is -2.09. The number of aromatic nitrogens is 6. The van der Waals surface area contributed by atoms with Crippen LogP contribution < -0.4 is 10.6 Å². The molecule has 0 unspecified atom stereocenters. The molecule has 12 nitrogen and oxygen atoms in total. The molecule has 4 aromatic heterocycles. The van der Waals surface area contributed by atoms with E-state index < -0.39 is 19.7 Å². The maximum absolute atomic E-state index is 11.7. The maximum Gasteiger partial charge on any atom is 0.175 e. The first kappa shape index (κ1) is 37.2. The quantitative estimate of drug-likeness (QED) is 0.145. The highest BCUT2D eigenvalue weighted by Crippen LogP contribution is 2.39. The summed E-state index contributed by atoms with van der Waals surface area (Å²) in [6.07, 6.45) is 9.63. The Morgan fingerprint density at radius 1 is 0.704 bits per heavy atom. The van der Waals surface area contributed by atoms with Crippen molar-refractivity contribution in [3.63, 3.8) is 0 Å². The zero-order chi connectivity index (χ0) is 38.2. The van der Waals surface area contributed by atoms with Crippen molar-refractivity contribution in [2.75, 3.05) is 23.1 Å². The SMILES string of the molecule is CC(C)c1cc(Nc2ccc(S(C)(=O)=O)cc2)n2ncc(Br)c2n1.CS(=O)(=O)c1ccc(Nc2cc(-c3ccccc3)nc3c(C4CCC4)cnn23)cc1. The third-order valence-electron chi connectivity index (χ3n) is 9.26. The summed E-state index contributed by atoms with van der Waals surface area (Å²) in [6.45, 7) is 4.15. The highest BCUT2D eigenvalue weighted by molar-refractivity contribution is 9.10. The minimum absolute atomic E-state index is 0.268. The lowest BCUT2D eigenvalue weighted by molar-refractivity contribution is 0.421. The zero-order valence-corrected chi connectivity index (χ0v) is 33.3. The molecule has 1 saturated carbocycles. The Kier molecular flexibility index (Phi) is 10.3. The summed E-state index contributed by atoms with van der Waals surface area (Å²) in [6, 6.07) is 27.4. The van der Waals surface area contributed by atoms with Crippen molar-refractivity contribution in [1.29, 1.82) is 0 Å². The molecule has 0 saturated heterocycles. The Morgan fingerprint density at radius 2 is 1.24 bits per heavy atom. The molecule has 1 aliphatic rings. The largest absolute Gasteiger partial charge is 0.340 e. The van der Waals surface area contributed by atoms with Gasteiger partial charge in [-0.05, 0) is 89.1 Å². The van der Waals surface area contributed by atoms with Gasteiger partial charge >= 0.3 is 0 Å². The van der Waals surface area contributed by atoms with Crippen LogP contribution in [0.5, 0.6) is 0 Å². The Bertz CT molecular complexity index is 2680. The van der Waals surface area contributed by atoms with E-state index >= 15 is 0 Å². The number of nitrogens with one attached hydrogen (secondary N) is 2. The van der Waals surface area contributed by atoms with Gasteiger partial charge in [0.15, 0.2) is 31.0 Å². The molecular weight excluding hydrogens is 789 g/mol. The smallest absolute Gasteiger partial charge is 0.175 e. The summed E-state index contributed by atoms with van der Waals surface area (Å²) in [4.78, 5) is 10.1. The van der Waals surface area contributed by atoms with Gasteiger partial charge in [0.05, 0.1) is 32.4 Å². The molecule has 15 heteroatoms. The first-order chi connectivity index (χ1) is 25.7. The van der Waals surface area contributed by atoms with Gasteiger partial charge in [0.2, 0.25) is 0 Å². The number of halogens is 1. The lowest BCUT2D eigenvalue weighted by atomic mass is 9.81. The van der Waals surface area contributed by atoms with E-state index in [0.717, 1.165) is 55.7 Å². The third kappa shape index (κ3) is 8.03. The first-order valence-electron chi connectivity index (χ1n) is 17.4. The van der Waals surface area contributed by atoms with Gasteiger partial charge in [-0.15, -0.1) is 0 Å². The summed E-state index contributed by atoms with van der Waals surface area (Å²) in [5.74, 6) is 2.34. The summed E-state index contributed by atoms with van der Waals surface area (Å²) < 4.78 is 50.9. The summed E-state index contributed by atoms with van der Waals surface area (Å²) >= 11 is 3.46. The minimum Gasteiger partial charge on any atom is -0.340 e. The molecule has 7 aromatic rings. The van der Waals surface area contributed by atoms with E-state index in [2.05, 4.69) is 55.6 Å². The fourth-order valence-corrected chi connectivity index (χ4v) is 7.65. The number of benzene rings is 3. The van der Waals surface area contributed by atoms with E-state index in [-0.39, 0.29) is 10.8 Å². The molecule has 0 atom stereocenters. The Hall–Kier alpha value is -5.12. The van der Waals surface area contributed by atoms with Crippen LogP contribution in [0.3, 0.4) is 0 Å². The number of hydrogen-bond donors (Lipinski definition) is 2. The van der Waals surface area contributed by atoms with Crippen LogP contribution in [0.25, 0.3) is 22.6 Å². The monoisotopic (exact) mass is 826 g/mol. The van der Waals surface area contributed by atoms with Gasteiger partial charge in [-0.1, -0.05) is 50.6 Å². The molecule has 4 heterocycles. The van der Waals surface area contributed by atoms with Crippen LogP contribution in [-0.4, -0.2) is 58.5 Å². The number of hydrogen-bond acceptors (Lipinski definition) is 10. The molecule has 1 aliphatic carbocycles. The number of rotatable bonds is 9. The van der Waals surface area contributed by atoms with Crippen LogP contribution >= 0.6 is 15.9 Å². The van der Waals surface area contributed by atoms with Crippen LogP contribution in [-0.2, 0) is 19.7 Å². The number of fused-ring (bicyclic) bond motifs is 2. The molecule has 1 fully saturated rings. The molecule has 0 spiro atoms. The van der Waals surface area contributed by atoms with Crippen molar-refractivity contribution < 1.29 is 16.8 Å². The predicted octanol–water partition coefficient (Wildman–Crippen LogP) is 8.57. The fourth-order valence-electron chi connectivity index (χ4n) is 6.04. The van der Waals surface area contributed by atoms with Crippen LogP contribution in [0.1, 0.15) is 56.2 Å². The van der Waals surface area contributed by atoms with E-state index in [1.807, 2.05) is 53.2 Å². The van der Waals surface area contributed by atoms with Crippen LogP contribution in [0, 0.1) is 0 Å². The first-order valence-corrected chi connectivity index (χ1v) is 21.9. The molecule has 0 aliphatic heterocycles. The molecule has 2 N–H and O–H groups in total. The van der Waals surface area contributed by atoms with Gasteiger partial charge in [0, 0.05) is 52.8 Å². The second-order valence-corrected chi connectivity index (χ2v) is 18.5. The van der Waals surface area contributed by atoms with Gasteiger partial charge in [-0.2, -0.15) is 19.2 Å². The van der Waals surface area contributed by atoms with Gasteiger partial charge in [-0.3, -0.25) is 0 Å². The number of sulfone groups is 2. The lowest BCUT2D eigenvalue weighted by Gasteiger charge is -2.24. The molecule has 278 valence electrons. The maximum atomic E-state index is 11.7. The molecule has 54 heavy (non-hydrogen) atoms. The highest BCUT2D eigenvalue weighted by atomic mass is 79.9. The van der Waals surface area contributed by atoms with Crippen molar-refractivity contribution in [2.24, 2.45) is 0 Å². The topological polar surface area (TPSA) is 153 Å². The van der Waals surface area contributed by atoms with Crippen molar-refractivity contribution in [1.82, 2.24) is 29.2 Å². The van der Waals surface area contributed by atoms with Gasteiger partial charge < -0.3 is 10.6 Å². The van der Waals surface area contributed by atoms with Gasteiger partial charge in [0.1, 0.15) is 11.6 Å². The fraction of sp³-hybridized carbons (Fsp3) is 0.231. The summed E-state index contributed by atoms with van der Waals surface area (Å²) in [5, 5.41) is 15.6. The van der Waals surface area contributed by atoms with Crippen molar-refractivity contribution in [2.45, 2.75) is 54.7 Å². The molecule has 0 bridgehead atoms. The Morgan fingerprint density at radius 3 is 1.76 bits per heavy atom. The zero-order valence-electron chi connectivity index (χ0n) is 30.1. The number of anilines is 4. The average Bonchev–Trinajstić information content (AvgIpc) is 3.71. The third-order valence-corrected chi connectivity index (χ3v) is 12.1. The molecule has 0 radical (unpaired) electrons. The Labute approximate surface area is 322 Å². The van der Waals surface area contributed by atoms with Crippen molar-refractivity contribution in [3.05, 3.63) is 119 Å². The molecule has 3 aromatic carbocycles. The molecule has 0 amide bonds. The van der Waals surface area contributed by atoms with Crippen molar-refractivity contribution in [3.8, 4) is 11.3 Å². The second-order valence-electron chi connectivity index (χ2n) is 13.6. The predicted molar refractivity (Wildman–Crippen MR) is 215 cm³/mol. The standard InChI is InChI=1S/C23H22N4O2S.C16H17BrN4O2S/c1-30(28,29)19-12-10-18(11-13-19)25-22-14-21(17-6-3-2-4-7-17)26-23-20(15-24-27(22)23)16-8-5-9-16;1-10(2)14-8-15(21-16(20-14)13(17)9-18-21)19-11-4-6-12(7-5-11)24(3,22)23/h2-4,6-7,10-16,25H,5,8-9H2,1H3;4-10,19H,1-3H3. The van der Waals surface area contributed by atoms with E-state index in [1.54, 1.807) is 59.2 Å². The van der Waals surface area contributed by atoms with Crippen molar-refractivity contribution >= 4 is 69.9 Å². The normalized spacial score (nSPS) is 13.4. The highest BCUT2D eigenvalue weighted by Gasteiger charge is 2.25. The Balaban J connectivity index is 0.000000171. The molecule has 8 rings (SSSR count). The van der Waals surface area contributed by atoms with E-state index in [1.165, 1.54) is 37.3 Å². The average molecular weight is 828 g/mol.